The van der Waals surface area contributed by atoms with Crippen LogP contribution in [0.4, 0.5) is 5.95 Å². The van der Waals surface area contributed by atoms with Gasteiger partial charge < -0.3 is 15.0 Å². The summed E-state index contributed by atoms with van der Waals surface area (Å²) in [5.41, 5.74) is 2.10. The summed E-state index contributed by atoms with van der Waals surface area (Å²) in [6.07, 6.45) is 4.67. The maximum absolute atomic E-state index is 12.8. The Bertz CT molecular complexity index is 1100. The van der Waals surface area contributed by atoms with Gasteiger partial charge in [0.1, 0.15) is 5.69 Å². The van der Waals surface area contributed by atoms with Gasteiger partial charge in [-0.3, -0.25) is 4.79 Å². The summed E-state index contributed by atoms with van der Waals surface area (Å²) in [6.45, 7) is 3.06. The van der Waals surface area contributed by atoms with Crippen LogP contribution in [-0.4, -0.2) is 53.2 Å². The molecule has 0 aliphatic carbocycles. The van der Waals surface area contributed by atoms with Crippen LogP contribution in [-0.2, 0) is 4.74 Å². The van der Waals surface area contributed by atoms with Crippen LogP contribution in [0.3, 0.4) is 0 Å². The standard InChI is InChI=1S/C23H24ClN5O2/c24-18-3-1-2-16-4-5-20(27-21(16)18)22(30)26-17-7-11-29(14-17)23-25-10-6-19(28-23)15-8-12-31-13-9-15/h1-6,10,15,17H,7-9,11-14H2,(H,26,30). The number of anilines is 1. The number of rotatable bonds is 4. The minimum atomic E-state index is -0.189. The van der Waals surface area contributed by atoms with Gasteiger partial charge in [-0.2, -0.15) is 0 Å². The third-order valence-corrected chi connectivity index (χ3v) is 6.32. The van der Waals surface area contributed by atoms with Crippen molar-refractivity contribution in [2.75, 3.05) is 31.2 Å². The largest absolute Gasteiger partial charge is 0.381 e. The van der Waals surface area contributed by atoms with Crippen molar-refractivity contribution >= 4 is 34.4 Å². The van der Waals surface area contributed by atoms with Crippen molar-refractivity contribution in [2.24, 2.45) is 0 Å². The molecule has 31 heavy (non-hydrogen) atoms. The van der Waals surface area contributed by atoms with Crippen LogP contribution in [0.5, 0.6) is 0 Å². The average molecular weight is 438 g/mol. The van der Waals surface area contributed by atoms with E-state index >= 15 is 0 Å². The molecule has 7 nitrogen and oxygen atoms in total. The number of hydrogen-bond acceptors (Lipinski definition) is 6. The lowest BCUT2D eigenvalue weighted by Crippen LogP contribution is -2.37. The van der Waals surface area contributed by atoms with E-state index in [4.69, 9.17) is 21.3 Å². The number of hydrogen-bond donors (Lipinski definition) is 1. The molecule has 4 heterocycles. The number of pyridine rings is 1. The molecule has 2 saturated heterocycles. The van der Waals surface area contributed by atoms with Gasteiger partial charge in [-0.1, -0.05) is 29.8 Å². The van der Waals surface area contributed by atoms with E-state index < -0.39 is 0 Å². The molecule has 3 aromatic rings. The van der Waals surface area contributed by atoms with Crippen LogP contribution >= 0.6 is 11.6 Å². The highest BCUT2D eigenvalue weighted by atomic mass is 35.5. The quantitative estimate of drug-likeness (QED) is 0.672. The molecule has 1 atom stereocenters. The van der Waals surface area contributed by atoms with Gasteiger partial charge in [0, 0.05) is 55.5 Å². The summed E-state index contributed by atoms with van der Waals surface area (Å²) >= 11 is 6.24. The topological polar surface area (TPSA) is 80.2 Å². The van der Waals surface area contributed by atoms with Crippen molar-refractivity contribution in [3.63, 3.8) is 0 Å². The molecule has 1 unspecified atom stereocenters. The second-order valence-electron chi connectivity index (χ2n) is 8.08. The van der Waals surface area contributed by atoms with Crippen molar-refractivity contribution in [3.8, 4) is 0 Å². The summed E-state index contributed by atoms with van der Waals surface area (Å²) < 4.78 is 5.46. The van der Waals surface area contributed by atoms with Crippen molar-refractivity contribution < 1.29 is 9.53 Å². The molecule has 1 N–H and O–H groups in total. The molecule has 0 radical (unpaired) electrons. The first-order valence-electron chi connectivity index (χ1n) is 10.7. The van der Waals surface area contributed by atoms with Crippen LogP contribution in [0.15, 0.2) is 42.6 Å². The zero-order chi connectivity index (χ0) is 21.2. The van der Waals surface area contributed by atoms with Crippen LogP contribution in [0.1, 0.15) is 41.4 Å². The molecule has 0 spiro atoms. The number of aromatic nitrogens is 3. The van der Waals surface area contributed by atoms with Gasteiger partial charge in [0.15, 0.2) is 0 Å². The Labute approximate surface area is 185 Å². The van der Waals surface area contributed by atoms with Crippen LogP contribution in [0, 0.1) is 0 Å². The smallest absolute Gasteiger partial charge is 0.270 e. The molecule has 0 bridgehead atoms. The van der Waals surface area contributed by atoms with Gasteiger partial charge in [0.2, 0.25) is 5.95 Å². The normalized spacial score (nSPS) is 19.6. The molecule has 2 aliphatic rings. The van der Waals surface area contributed by atoms with Crippen LogP contribution < -0.4 is 10.2 Å². The third-order valence-electron chi connectivity index (χ3n) is 6.01. The Morgan fingerprint density at radius 3 is 2.84 bits per heavy atom. The van der Waals surface area contributed by atoms with Crippen LogP contribution in [0.2, 0.25) is 5.02 Å². The summed E-state index contributed by atoms with van der Waals surface area (Å²) in [7, 11) is 0. The Morgan fingerprint density at radius 1 is 1.10 bits per heavy atom. The van der Waals surface area contributed by atoms with Gasteiger partial charge in [0.25, 0.3) is 5.91 Å². The molecule has 5 rings (SSSR count). The summed E-state index contributed by atoms with van der Waals surface area (Å²) in [4.78, 5) is 28.7. The summed E-state index contributed by atoms with van der Waals surface area (Å²) in [5.74, 6) is 0.973. The van der Waals surface area contributed by atoms with Crippen molar-refractivity contribution in [3.05, 3.63) is 59.0 Å². The van der Waals surface area contributed by atoms with E-state index in [0.717, 1.165) is 56.0 Å². The number of ether oxygens (including phenoxy) is 1. The first-order valence-corrected chi connectivity index (χ1v) is 11.1. The molecule has 2 aliphatic heterocycles. The van der Waals surface area contributed by atoms with Gasteiger partial charge >= 0.3 is 0 Å². The fraction of sp³-hybridized carbons (Fsp3) is 0.391. The molecule has 160 valence electrons. The number of nitrogens with one attached hydrogen (secondary N) is 1. The minimum absolute atomic E-state index is 0.0200. The van der Waals surface area contributed by atoms with E-state index in [9.17, 15) is 4.79 Å². The number of carbonyl (C=O) groups excluding carboxylic acids is 1. The van der Waals surface area contributed by atoms with E-state index in [-0.39, 0.29) is 11.9 Å². The van der Waals surface area contributed by atoms with E-state index in [1.165, 1.54) is 0 Å². The van der Waals surface area contributed by atoms with Gasteiger partial charge in [-0.25, -0.2) is 15.0 Å². The number of carbonyl (C=O) groups is 1. The summed E-state index contributed by atoms with van der Waals surface area (Å²) in [6, 6.07) is 11.2. The van der Waals surface area contributed by atoms with Gasteiger partial charge in [-0.15, -0.1) is 0 Å². The second kappa shape index (κ2) is 8.77. The predicted molar refractivity (Wildman–Crippen MR) is 120 cm³/mol. The molecule has 1 aromatic carbocycles. The lowest BCUT2D eigenvalue weighted by Gasteiger charge is -2.23. The Morgan fingerprint density at radius 2 is 1.97 bits per heavy atom. The molecule has 2 aromatic heterocycles. The Kier molecular flexibility index (Phi) is 5.70. The van der Waals surface area contributed by atoms with E-state index in [2.05, 4.69) is 20.2 Å². The zero-order valence-corrected chi connectivity index (χ0v) is 17.9. The predicted octanol–water partition coefficient (Wildman–Crippen LogP) is 3.58. The number of amides is 1. The first-order chi connectivity index (χ1) is 15.2. The molecular formula is C23H24ClN5O2. The van der Waals surface area contributed by atoms with Gasteiger partial charge in [-0.05, 0) is 37.5 Å². The zero-order valence-electron chi connectivity index (χ0n) is 17.1. The monoisotopic (exact) mass is 437 g/mol. The first kappa shape index (κ1) is 20.2. The molecule has 1 amide bonds. The highest BCUT2D eigenvalue weighted by Crippen LogP contribution is 2.27. The van der Waals surface area contributed by atoms with Gasteiger partial charge in [0.05, 0.1) is 10.5 Å². The number of fused-ring (bicyclic) bond motifs is 1. The molecule has 2 fully saturated rings. The molecule has 8 heteroatoms. The number of halogens is 1. The van der Waals surface area contributed by atoms with E-state index in [1.54, 1.807) is 12.1 Å². The minimum Gasteiger partial charge on any atom is -0.381 e. The maximum atomic E-state index is 12.8. The SMILES string of the molecule is O=C(NC1CCN(c2nccc(C3CCOCC3)n2)C1)c1ccc2cccc(Cl)c2n1. The Hall–Kier alpha value is -2.77. The number of nitrogens with zero attached hydrogens (tertiary/aromatic N) is 4. The Balaban J connectivity index is 1.25. The summed E-state index contributed by atoms with van der Waals surface area (Å²) in [5, 5.41) is 4.56. The second-order valence-corrected chi connectivity index (χ2v) is 8.49. The lowest BCUT2D eigenvalue weighted by molar-refractivity contribution is 0.0845. The lowest BCUT2D eigenvalue weighted by atomic mass is 9.96. The highest BCUT2D eigenvalue weighted by Gasteiger charge is 2.27. The third kappa shape index (κ3) is 4.34. The fourth-order valence-corrected chi connectivity index (χ4v) is 4.52. The van der Waals surface area contributed by atoms with E-state index in [0.29, 0.717) is 28.7 Å². The fourth-order valence-electron chi connectivity index (χ4n) is 4.29. The molecular weight excluding hydrogens is 414 g/mol. The highest BCUT2D eigenvalue weighted by molar-refractivity contribution is 6.35. The molecule has 0 saturated carbocycles. The van der Waals surface area contributed by atoms with Crippen molar-refractivity contribution in [1.29, 1.82) is 0 Å². The number of benzene rings is 1. The maximum Gasteiger partial charge on any atom is 0.270 e. The average Bonchev–Trinajstić information content (AvgIpc) is 3.28. The number of para-hydroxylation sites is 1. The van der Waals surface area contributed by atoms with E-state index in [1.807, 2.05) is 30.5 Å². The van der Waals surface area contributed by atoms with Crippen molar-refractivity contribution in [1.82, 2.24) is 20.3 Å². The van der Waals surface area contributed by atoms with Crippen LogP contribution in [0.25, 0.3) is 10.9 Å². The van der Waals surface area contributed by atoms with Crippen molar-refractivity contribution in [2.45, 2.75) is 31.2 Å².